The van der Waals surface area contributed by atoms with Gasteiger partial charge in [-0.15, -0.1) is 6.58 Å². The molecule has 18 heavy (non-hydrogen) atoms. The van der Waals surface area contributed by atoms with Crippen LogP contribution in [0.15, 0.2) is 33.3 Å². The van der Waals surface area contributed by atoms with Crippen molar-refractivity contribution in [3.8, 4) is 0 Å². The van der Waals surface area contributed by atoms with E-state index < -0.39 is 26.2 Å². The molecule has 7 nitrogen and oxygen atoms in total. The maximum Gasteiger partial charge on any atom is 0.330 e. The molecule has 8 heteroatoms. The molecule has 0 aromatic carbocycles. The van der Waals surface area contributed by atoms with Gasteiger partial charge in [0.1, 0.15) is 0 Å². The van der Waals surface area contributed by atoms with Crippen LogP contribution in [0.5, 0.6) is 0 Å². The third-order valence-electron chi connectivity index (χ3n) is 2.35. The van der Waals surface area contributed by atoms with Gasteiger partial charge in [-0.2, -0.15) is 0 Å². The molecule has 0 aliphatic carbocycles. The number of sulfonamides is 1. The molecule has 0 radical (unpaired) electrons. The number of nitrogens with one attached hydrogen (secondary N) is 1. The first kappa shape index (κ1) is 14.4. The van der Waals surface area contributed by atoms with E-state index in [9.17, 15) is 18.0 Å². The molecule has 0 saturated heterocycles. The Morgan fingerprint density at radius 2 is 2.00 bits per heavy atom. The lowest BCUT2D eigenvalue weighted by molar-refractivity contribution is 0.571. The molecule has 1 N–H and O–H groups in total. The quantitative estimate of drug-likeness (QED) is 0.547. The number of hydrogen-bond donors (Lipinski definition) is 1. The number of rotatable bonds is 5. The summed E-state index contributed by atoms with van der Waals surface area (Å²) in [6, 6.07) is 0. The second-order valence-corrected chi connectivity index (χ2v) is 5.46. The first-order valence-electron chi connectivity index (χ1n) is 5.18. The van der Waals surface area contributed by atoms with Crippen LogP contribution in [-0.4, -0.2) is 24.1 Å². The Morgan fingerprint density at radius 1 is 1.39 bits per heavy atom. The Morgan fingerprint density at radius 3 is 2.56 bits per heavy atom. The van der Waals surface area contributed by atoms with Gasteiger partial charge in [0, 0.05) is 26.8 Å². The van der Waals surface area contributed by atoms with Gasteiger partial charge in [-0.25, -0.2) is 17.9 Å². The molecule has 1 rings (SSSR count). The summed E-state index contributed by atoms with van der Waals surface area (Å²) in [6.45, 7) is 3.61. The number of aromatic nitrogens is 2. The highest BCUT2D eigenvalue weighted by molar-refractivity contribution is 7.89. The van der Waals surface area contributed by atoms with Gasteiger partial charge in [-0.1, -0.05) is 6.08 Å². The lowest BCUT2D eigenvalue weighted by Crippen LogP contribution is -2.41. The smallest absolute Gasteiger partial charge is 0.302 e. The molecule has 0 saturated carbocycles. The van der Waals surface area contributed by atoms with Crippen molar-refractivity contribution in [2.75, 3.05) is 6.54 Å². The summed E-state index contributed by atoms with van der Waals surface area (Å²) in [5.74, 6) is 0. The third-order valence-corrected chi connectivity index (χ3v) is 3.79. The minimum absolute atomic E-state index is 0.151. The van der Waals surface area contributed by atoms with E-state index in [1.165, 1.54) is 14.1 Å². The molecule has 0 spiro atoms. The molecular formula is C10H15N3O4S. The Labute approximate surface area is 104 Å². The predicted octanol–water partition coefficient (Wildman–Crippen LogP) is -1.06. The number of nitrogens with zero attached hydrogens (tertiary/aromatic N) is 2. The van der Waals surface area contributed by atoms with Crippen molar-refractivity contribution < 1.29 is 8.42 Å². The second-order valence-electron chi connectivity index (χ2n) is 3.73. The van der Waals surface area contributed by atoms with Crippen molar-refractivity contribution in [3.63, 3.8) is 0 Å². The van der Waals surface area contributed by atoms with Gasteiger partial charge in [0.05, 0.1) is 0 Å². The Balaban J connectivity index is 3.30. The van der Waals surface area contributed by atoms with Crippen molar-refractivity contribution in [2.24, 2.45) is 14.1 Å². The fourth-order valence-electron chi connectivity index (χ4n) is 1.33. The van der Waals surface area contributed by atoms with Gasteiger partial charge >= 0.3 is 5.69 Å². The van der Waals surface area contributed by atoms with Crippen LogP contribution in [0.1, 0.15) is 6.42 Å². The zero-order valence-electron chi connectivity index (χ0n) is 10.2. The molecule has 0 atom stereocenters. The third kappa shape index (κ3) is 2.77. The molecule has 0 aliphatic rings. The van der Waals surface area contributed by atoms with Crippen molar-refractivity contribution in [2.45, 2.75) is 11.3 Å². The normalized spacial score (nSPS) is 11.4. The molecular weight excluding hydrogens is 258 g/mol. The Bertz CT molecular complexity index is 669. The highest BCUT2D eigenvalue weighted by atomic mass is 32.2. The summed E-state index contributed by atoms with van der Waals surface area (Å²) >= 11 is 0. The van der Waals surface area contributed by atoms with Crippen LogP contribution in [0, 0.1) is 0 Å². The van der Waals surface area contributed by atoms with E-state index in [-0.39, 0.29) is 6.54 Å². The lowest BCUT2D eigenvalue weighted by Gasteiger charge is -2.08. The summed E-state index contributed by atoms with van der Waals surface area (Å²) in [4.78, 5) is 22.7. The number of hydrogen-bond acceptors (Lipinski definition) is 4. The molecule has 100 valence electrons. The maximum atomic E-state index is 11.9. The summed E-state index contributed by atoms with van der Waals surface area (Å²) in [5.41, 5.74) is -1.42. The topological polar surface area (TPSA) is 90.2 Å². The van der Waals surface area contributed by atoms with Crippen LogP contribution < -0.4 is 16.0 Å². The monoisotopic (exact) mass is 273 g/mol. The van der Waals surface area contributed by atoms with E-state index in [0.29, 0.717) is 6.42 Å². The first-order chi connectivity index (χ1) is 8.31. The maximum absolute atomic E-state index is 11.9. The van der Waals surface area contributed by atoms with Gasteiger partial charge in [-0.3, -0.25) is 9.36 Å². The summed E-state index contributed by atoms with van der Waals surface area (Å²) < 4.78 is 27.8. The summed E-state index contributed by atoms with van der Waals surface area (Å²) in [7, 11) is -1.31. The van der Waals surface area contributed by atoms with Crippen LogP contribution in [0.4, 0.5) is 0 Å². The average molecular weight is 273 g/mol. The molecule has 0 unspecified atom stereocenters. The first-order valence-corrected chi connectivity index (χ1v) is 6.67. The van der Waals surface area contributed by atoms with Gasteiger partial charge in [0.25, 0.3) is 5.56 Å². The van der Waals surface area contributed by atoms with Crippen molar-refractivity contribution in [3.05, 3.63) is 39.7 Å². The second kappa shape index (κ2) is 5.32. The molecule has 0 amide bonds. The van der Waals surface area contributed by atoms with Gasteiger partial charge in [0.2, 0.25) is 10.0 Å². The zero-order chi connectivity index (χ0) is 13.9. The molecule has 0 aliphatic heterocycles. The minimum Gasteiger partial charge on any atom is -0.302 e. The molecule has 1 aromatic heterocycles. The van der Waals surface area contributed by atoms with Crippen molar-refractivity contribution in [1.29, 1.82) is 0 Å². The molecule has 0 fully saturated rings. The minimum atomic E-state index is -3.92. The summed E-state index contributed by atoms with van der Waals surface area (Å²) in [6.07, 6.45) is 3.02. The lowest BCUT2D eigenvalue weighted by atomic mass is 10.4. The van der Waals surface area contributed by atoms with E-state index >= 15 is 0 Å². The van der Waals surface area contributed by atoms with Crippen LogP contribution in [0.2, 0.25) is 0 Å². The van der Waals surface area contributed by atoms with E-state index in [1.807, 2.05) is 0 Å². The molecule has 1 heterocycles. The van der Waals surface area contributed by atoms with Gasteiger partial charge < -0.3 is 4.57 Å². The highest BCUT2D eigenvalue weighted by Gasteiger charge is 2.20. The van der Waals surface area contributed by atoms with Crippen LogP contribution in [0.3, 0.4) is 0 Å². The Hall–Kier alpha value is -1.67. The van der Waals surface area contributed by atoms with Gasteiger partial charge in [-0.05, 0) is 6.42 Å². The zero-order valence-corrected chi connectivity index (χ0v) is 11.0. The molecule has 1 aromatic rings. The average Bonchev–Trinajstić information content (AvgIpc) is 2.31. The van der Waals surface area contributed by atoms with Crippen LogP contribution in [-0.2, 0) is 24.1 Å². The van der Waals surface area contributed by atoms with Gasteiger partial charge in [0.15, 0.2) is 4.90 Å². The van der Waals surface area contributed by atoms with Crippen LogP contribution >= 0.6 is 0 Å². The van der Waals surface area contributed by atoms with E-state index in [4.69, 9.17) is 0 Å². The standard InChI is InChI=1S/C10H15N3O4S/c1-4-5-6-11-18(16,17)8-7-12(2)10(15)13(3)9(8)14/h4,7,11H,1,5-6H2,2-3H3. The predicted molar refractivity (Wildman–Crippen MR) is 66.9 cm³/mol. The summed E-state index contributed by atoms with van der Waals surface area (Å²) in [5, 5.41) is 0. The molecule has 0 bridgehead atoms. The number of aryl methyl sites for hydroxylation is 1. The van der Waals surface area contributed by atoms with E-state index in [0.717, 1.165) is 15.3 Å². The van der Waals surface area contributed by atoms with Crippen molar-refractivity contribution in [1.82, 2.24) is 13.9 Å². The fourth-order valence-corrected chi connectivity index (χ4v) is 2.54. The fraction of sp³-hybridized carbons (Fsp3) is 0.400. The highest BCUT2D eigenvalue weighted by Crippen LogP contribution is 1.99. The SMILES string of the molecule is C=CCCNS(=O)(=O)c1cn(C)c(=O)n(C)c1=O. The van der Waals surface area contributed by atoms with E-state index in [2.05, 4.69) is 11.3 Å². The Kier molecular flexibility index (Phi) is 4.25. The van der Waals surface area contributed by atoms with E-state index in [1.54, 1.807) is 6.08 Å². The van der Waals surface area contributed by atoms with Crippen LogP contribution in [0.25, 0.3) is 0 Å². The van der Waals surface area contributed by atoms with Crippen molar-refractivity contribution >= 4 is 10.0 Å². The largest absolute Gasteiger partial charge is 0.330 e.